The molecule has 1 N–H and O–H groups in total. The first-order chi connectivity index (χ1) is 11.6. The van der Waals surface area contributed by atoms with Crippen molar-refractivity contribution in [1.29, 1.82) is 0 Å². The molecule has 0 aliphatic carbocycles. The minimum Gasteiger partial charge on any atom is -0.351 e. The van der Waals surface area contributed by atoms with E-state index in [1.807, 2.05) is 36.1 Å². The molecular weight excluding hydrogens is 322 g/mol. The van der Waals surface area contributed by atoms with E-state index in [2.05, 4.69) is 4.98 Å². The van der Waals surface area contributed by atoms with Crippen LogP contribution in [0.3, 0.4) is 0 Å². The monoisotopic (exact) mass is 343 g/mol. The number of aromatic nitrogens is 1. The number of benzene rings is 1. The van der Waals surface area contributed by atoms with Gasteiger partial charge in [0.05, 0.1) is 5.88 Å². The van der Waals surface area contributed by atoms with Crippen molar-refractivity contribution in [2.75, 3.05) is 24.7 Å². The van der Waals surface area contributed by atoms with Gasteiger partial charge in [-0.25, -0.2) is 0 Å². The van der Waals surface area contributed by atoms with E-state index in [9.17, 15) is 9.59 Å². The van der Waals surface area contributed by atoms with Crippen LogP contribution in [0.15, 0.2) is 24.3 Å². The van der Waals surface area contributed by atoms with Crippen LogP contribution in [-0.2, 0) is 4.79 Å². The summed E-state index contributed by atoms with van der Waals surface area (Å²) in [6.45, 7) is 3.69. The topological polar surface area (TPSA) is 56.4 Å². The Bertz CT molecular complexity index is 795. The van der Waals surface area contributed by atoms with E-state index in [0.717, 1.165) is 42.4 Å². The molecule has 1 aromatic heterocycles. The van der Waals surface area contributed by atoms with E-state index in [1.165, 1.54) is 0 Å². The van der Waals surface area contributed by atoms with Crippen molar-refractivity contribution in [3.63, 3.8) is 0 Å². The Kier molecular flexibility index (Phi) is 4.00. The Morgan fingerprint density at radius 2 is 2.00 bits per heavy atom. The number of thioether (sulfide) groups is 1. The largest absolute Gasteiger partial charge is 0.351 e. The highest BCUT2D eigenvalue weighted by Crippen LogP contribution is 2.27. The fraction of sp³-hybridized carbons (Fsp3) is 0.444. The molecular formula is C18H21N3O2S. The molecule has 0 spiro atoms. The Morgan fingerprint density at radius 1 is 1.21 bits per heavy atom. The van der Waals surface area contributed by atoms with Crippen molar-refractivity contribution in [3.05, 3.63) is 35.5 Å². The molecule has 2 saturated heterocycles. The number of fused-ring (bicyclic) bond motifs is 1. The first kappa shape index (κ1) is 15.6. The van der Waals surface area contributed by atoms with Crippen molar-refractivity contribution in [3.8, 4) is 0 Å². The summed E-state index contributed by atoms with van der Waals surface area (Å²) in [6, 6.07) is 7.66. The van der Waals surface area contributed by atoms with Crippen LogP contribution in [0.5, 0.6) is 0 Å². The molecule has 6 heteroatoms. The molecule has 2 fully saturated rings. The lowest BCUT2D eigenvalue weighted by Gasteiger charge is -2.26. The quantitative estimate of drug-likeness (QED) is 0.912. The second-order valence-electron chi connectivity index (χ2n) is 6.60. The summed E-state index contributed by atoms with van der Waals surface area (Å²) in [6.07, 6.45) is 2.14. The standard InChI is InChI=1S/C18H21N3O2S/c1-12-4-5-13-9-15(19-14(13)8-12)17(22)21-11-24-10-16(21)18(23)20-6-2-3-7-20/h4-5,8-9,16,19H,2-3,6-7,10-11H2,1H3. The number of H-pyrrole nitrogens is 1. The van der Waals surface area contributed by atoms with Gasteiger partial charge in [0.2, 0.25) is 5.91 Å². The summed E-state index contributed by atoms with van der Waals surface area (Å²) >= 11 is 1.65. The zero-order chi connectivity index (χ0) is 16.7. The Labute approximate surface area is 145 Å². The molecule has 2 aliphatic heterocycles. The molecule has 0 bridgehead atoms. The van der Waals surface area contributed by atoms with Gasteiger partial charge in [-0.15, -0.1) is 11.8 Å². The average Bonchev–Trinajstić information content (AvgIpc) is 3.31. The molecule has 1 atom stereocenters. The molecule has 126 valence electrons. The fourth-order valence-corrected chi connectivity index (χ4v) is 4.65. The third kappa shape index (κ3) is 2.69. The Morgan fingerprint density at radius 3 is 2.79 bits per heavy atom. The maximum Gasteiger partial charge on any atom is 0.271 e. The molecule has 2 amide bonds. The van der Waals surface area contributed by atoms with Crippen molar-refractivity contribution in [2.24, 2.45) is 0 Å². The van der Waals surface area contributed by atoms with Crippen LogP contribution >= 0.6 is 11.8 Å². The van der Waals surface area contributed by atoms with Crippen molar-refractivity contribution >= 4 is 34.5 Å². The van der Waals surface area contributed by atoms with Gasteiger partial charge in [0.15, 0.2) is 0 Å². The number of carbonyl (C=O) groups is 2. The van der Waals surface area contributed by atoms with E-state index >= 15 is 0 Å². The fourth-order valence-electron chi connectivity index (χ4n) is 3.51. The first-order valence-corrected chi connectivity index (χ1v) is 9.56. The Hall–Kier alpha value is -1.95. The van der Waals surface area contributed by atoms with Crippen LogP contribution < -0.4 is 0 Å². The molecule has 0 radical (unpaired) electrons. The SMILES string of the molecule is Cc1ccc2cc(C(=O)N3CSCC3C(=O)N3CCCC3)[nH]c2c1. The molecule has 0 saturated carbocycles. The van der Waals surface area contributed by atoms with E-state index in [4.69, 9.17) is 0 Å². The van der Waals surface area contributed by atoms with E-state index < -0.39 is 0 Å². The van der Waals surface area contributed by atoms with Gasteiger partial charge in [-0.1, -0.05) is 12.1 Å². The number of aromatic amines is 1. The van der Waals surface area contributed by atoms with Crippen LogP contribution in [0.2, 0.25) is 0 Å². The van der Waals surface area contributed by atoms with Crippen LogP contribution in [0.25, 0.3) is 10.9 Å². The number of hydrogen-bond donors (Lipinski definition) is 1. The molecule has 1 unspecified atom stereocenters. The minimum atomic E-state index is -0.325. The van der Waals surface area contributed by atoms with Gasteiger partial charge in [0, 0.05) is 29.7 Å². The van der Waals surface area contributed by atoms with Crippen molar-refractivity contribution < 1.29 is 9.59 Å². The third-order valence-electron chi connectivity index (χ3n) is 4.85. The van der Waals surface area contributed by atoms with E-state index in [0.29, 0.717) is 17.3 Å². The number of aryl methyl sites for hydroxylation is 1. The molecule has 24 heavy (non-hydrogen) atoms. The summed E-state index contributed by atoms with van der Waals surface area (Å²) in [5.74, 6) is 1.31. The predicted octanol–water partition coefficient (Wildman–Crippen LogP) is 2.61. The summed E-state index contributed by atoms with van der Waals surface area (Å²) in [7, 11) is 0. The number of nitrogens with one attached hydrogen (secondary N) is 1. The van der Waals surface area contributed by atoms with Crippen LogP contribution in [-0.4, -0.2) is 57.4 Å². The average molecular weight is 343 g/mol. The lowest BCUT2D eigenvalue weighted by Crippen LogP contribution is -2.48. The summed E-state index contributed by atoms with van der Waals surface area (Å²) in [5, 5.41) is 1.03. The molecule has 2 aliphatic rings. The van der Waals surface area contributed by atoms with Gasteiger partial charge < -0.3 is 14.8 Å². The van der Waals surface area contributed by atoms with Gasteiger partial charge in [-0.05, 0) is 37.5 Å². The van der Waals surface area contributed by atoms with Gasteiger partial charge in [0.1, 0.15) is 11.7 Å². The molecule has 2 aromatic rings. The van der Waals surface area contributed by atoms with Crippen LogP contribution in [0, 0.1) is 6.92 Å². The highest BCUT2D eigenvalue weighted by Gasteiger charge is 2.38. The number of rotatable bonds is 2. The smallest absolute Gasteiger partial charge is 0.271 e. The zero-order valence-electron chi connectivity index (χ0n) is 13.7. The predicted molar refractivity (Wildman–Crippen MR) is 96.1 cm³/mol. The van der Waals surface area contributed by atoms with Crippen LogP contribution in [0.4, 0.5) is 0 Å². The molecule has 1 aromatic carbocycles. The lowest BCUT2D eigenvalue weighted by atomic mass is 10.2. The Balaban J connectivity index is 1.58. The number of nitrogens with zero attached hydrogens (tertiary/aromatic N) is 2. The summed E-state index contributed by atoms with van der Waals surface area (Å²) in [5.41, 5.74) is 2.69. The van der Waals surface area contributed by atoms with Crippen molar-refractivity contribution in [2.45, 2.75) is 25.8 Å². The summed E-state index contributed by atoms with van der Waals surface area (Å²) in [4.78, 5) is 32.5. The first-order valence-electron chi connectivity index (χ1n) is 8.40. The molecule has 3 heterocycles. The maximum absolute atomic E-state index is 12.9. The van der Waals surface area contributed by atoms with E-state index in [1.54, 1.807) is 16.7 Å². The maximum atomic E-state index is 12.9. The van der Waals surface area contributed by atoms with Gasteiger partial charge in [0.25, 0.3) is 5.91 Å². The minimum absolute atomic E-state index is 0.0774. The van der Waals surface area contributed by atoms with Gasteiger partial charge in [-0.2, -0.15) is 0 Å². The van der Waals surface area contributed by atoms with Crippen molar-refractivity contribution in [1.82, 2.24) is 14.8 Å². The second kappa shape index (κ2) is 6.16. The normalized spacial score (nSPS) is 21.0. The number of hydrogen-bond acceptors (Lipinski definition) is 3. The molecule has 5 nitrogen and oxygen atoms in total. The highest BCUT2D eigenvalue weighted by atomic mass is 32.2. The molecule has 4 rings (SSSR count). The van der Waals surface area contributed by atoms with Crippen LogP contribution in [0.1, 0.15) is 28.9 Å². The second-order valence-corrected chi connectivity index (χ2v) is 7.60. The highest BCUT2D eigenvalue weighted by molar-refractivity contribution is 7.99. The third-order valence-corrected chi connectivity index (χ3v) is 5.87. The number of likely N-dealkylation sites (tertiary alicyclic amines) is 1. The zero-order valence-corrected chi connectivity index (χ0v) is 14.6. The number of carbonyl (C=O) groups excluding carboxylic acids is 2. The van der Waals surface area contributed by atoms with E-state index in [-0.39, 0.29) is 17.9 Å². The van der Waals surface area contributed by atoms with Gasteiger partial charge >= 0.3 is 0 Å². The number of amides is 2. The lowest BCUT2D eigenvalue weighted by molar-refractivity contribution is -0.133. The summed E-state index contributed by atoms with van der Waals surface area (Å²) < 4.78 is 0. The van der Waals surface area contributed by atoms with Gasteiger partial charge in [-0.3, -0.25) is 9.59 Å².